The van der Waals surface area contributed by atoms with Crippen LogP contribution in [-0.2, 0) is 6.42 Å². The van der Waals surface area contributed by atoms with E-state index < -0.39 is 5.76 Å². The Balaban J connectivity index is 1.62. The van der Waals surface area contributed by atoms with E-state index in [1.807, 2.05) is 24.3 Å². The summed E-state index contributed by atoms with van der Waals surface area (Å²) >= 11 is 6.29. The van der Waals surface area contributed by atoms with Gasteiger partial charge in [0.2, 0.25) is 0 Å². The first kappa shape index (κ1) is 22.6. The molecule has 1 amide bonds. The lowest BCUT2D eigenvalue weighted by Gasteiger charge is -2.09. The number of rotatable bonds is 10. The van der Waals surface area contributed by atoms with Gasteiger partial charge in [-0.15, -0.1) is 0 Å². The summed E-state index contributed by atoms with van der Waals surface area (Å²) in [6.07, 6.45) is 7.06. The second-order valence-corrected chi connectivity index (χ2v) is 7.64. The molecule has 164 valence electrons. The van der Waals surface area contributed by atoms with Crippen molar-refractivity contribution in [2.75, 3.05) is 12.4 Å². The number of carbonyl (C=O) groups is 1. The number of aryl methyl sites for hydroxylation is 1. The molecule has 31 heavy (non-hydrogen) atoms. The van der Waals surface area contributed by atoms with Crippen LogP contribution in [0.15, 0.2) is 51.7 Å². The van der Waals surface area contributed by atoms with E-state index >= 15 is 0 Å². The highest BCUT2D eigenvalue weighted by molar-refractivity contribution is 6.32. The first-order chi connectivity index (χ1) is 15.0. The van der Waals surface area contributed by atoms with Gasteiger partial charge < -0.3 is 14.5 Å². The maximum absolute atomic E-state index is 12.6. The van der Waals surface area contributed by atoms with E-state index in [9.17, 15) is 9.59 Å². The lowest BCUT2D eigenvalue weighted by molar-refractivity contribution is 0.102. The Labute approximate surface area is 186 Å². The summed E-state index contributed by atoms with van der Waals surface area (Å²) in [5, 5.41) is 6.93. The summed E-state index contributed by atoms with van der Waals surface area (Å²) in [5.74, 6) is -0.959. The predicted octanol–water partition coefficient (Wildman–Crippen LogP) is 5.25. The normalized spacial score (nSPS) is 10.8. The fourth-order valence-corrected chi connectivity index (χ4v) is 3.47. The molecule has 0 aliphatic rings. The third-order valence-corrected chi connectivity index (χ3v) is 5.23. The maximum atomic E-state index is 12.6. The Morgan fingerprint density at radius 3 is 2.52 bits per heavy atom. The average molecular weight is 444 g/mol. The van der Waals surface area contributed by atoms with Crippen LogP contribution in [0.5, 0.6) is 6.08 Å². The molecule has 0 unspecified atom stereocenters. The highest BCUT2D eigenvalue weighted by Crippen LogP contribution is 2.24. The van der Waals surface area contributed by atoms with Crippen LogP contribution in [0, 0.1) is 0 Å². The second kappa shape index (κ2) is 10.8. The molecule has 3 aromatic rings. The number of nitrogens with zero attached hydrogens (tertiary/aromatic N) is 2. The van der Waals surface area contributed by atoms with Gasteiger partial charge in [-0.2, -0.15) is 4.68 Å². The van der Waals surface area contributed by atoms with Gasteiger partial charge in [0.1, 0.15) is 0 Å². The third-order valence-electron chi connectivity index (χ3n) is 4.92. The zero-order valence-corrected chi connectivity index (χ0v) is 18.4. The maximum Gasteiger partial charge on any atom is 0.444 e. The second-order valence-electron chi connectivity index (χ2n) is 7.23. The number of methoxy groups -OCH3 is 1. The Morgan fingerprint density at radius 2 is 1.87 bits per heavy atom. The van der Waals surface area contributed by atoms with E-state index in [2.05, 4.69) is 17.3 Å². The minimum absolute atomic E-state index is 0.164. The topological polar surface area (TPSA) is 86.4 Å². The molecule has 0 fully saturated rings. The molecule has 3 rings (SSSR count). The van der Waals surface area contributed by atoms with Gasteiger partial charge in [0.05, 0.1) is 17.8 Å². The Hall–Kier alpha value is -3.06. The molecule has 1 heterocycles. The SMILES string of the molecule is CCCCCCCc1ccc(C(=O)Nc2ccc(-n3nc(OC)oc3=O)c(Cl)c2)cc1. The van der Waals surface area contributed by atoms with Crippen LogP contribution in [0.3, 0.4) is 0 Å². The van der Waals surface area contributed by atoms with Gasteiger partial charge in [-0.05, 0) is 48.7 Å². The van der Waals surface area contributed by atoms with E-state index in [1.54, 1.807) is 18.2 Å². The number of halogens is 1. The van der Waals surface area contributed by atoms with Crippen LogP contribution in [-0.4, -0.2) is 22.8 Å². The summed E-state index contributed by atoms with van der Waals surface area (Å²) in [5.41, 5.74) is 2.61. The van der Waals surface area contributed by atoms with Crippen molar-refractivity contribution in [1.29, 1.82) is 0 Å². The van der Waals surface area contributed by atoms with Crippen molar-refractivity contribution in [3.8, 4) is 11.8 Å². The molecule has 2 aromatic carbocycles. The lowest BCUT2D eigenvalue weighted by atomic mass is 10.0. The Bertz CT molecular complexity index is 1070. The highest BCUT2D eigenvalue weighted by atomic mass is 35.5. The smallest absolute Gasteiger partial charge is 0.444 e. The van der Waals surface area contributed by atoms with Crippen molar-refractivity contribution in [3.63, 3.8) is 0 Å². The third kappa shape index (κ3) is 5.98. The van der Waals surface area contributed by atoms with E-state index in [0.717, 1.165) is 17.5 Å². The molecule has 0 radical (unpaired) electrons. The van der Waals surface area contributed by atoms with E-state index in [0.29, 0.717) is 16.9 Å². The predicted molar refractivity (Wildman–Crippen MR) is 121 cm³/mol. The number of unbranched alkanes of at least 4 members (excludes halogenated alkanes) is 4. The van der Waals surface area contributed by atoms with Gasteiger partial charge >= 0.3 is 11.8 Å². The van der Waals surface area contributed by atoms with E-state index in [-0.39, 0.29) is 17.0 Å². The molecule has 1 aromatic heterocycles. The van der Waals surface area contributed by atoms with Crippen LogP contribution in [0.25, 0.3) is 5.69 Å². The molecule has 0 aliphatic carbocycles. The summed E-state index contributed by atoms with van der Waals surface area (Å²) < 4.78 is 10.6. The summed E-state index contributed by atoms with van der Waals surface area (Å²) in [6, 6.07) is 12.4. The first-order valence-electron chi connectivity index (χ1n) is 10.4. The molecule has 1 N–H and O–H groups in total. The van der Waals surface area contributed by atoms with Gasteiger partial charge in [-0.25, -0.2) is 4.79 Å². The molecule has 0 saturated heterocycles. The summed E-state index contributed by atoms with van der Waals surface area (Å²) in [7, 11) is 1.34. The number of hydrogen-bond donors (Lipinski definition) is 1. The summed E-state index contributed by atoms with van der Waals surface area (Å²) in [4.78, 5) is 24.4. The van der Waals surface area contributed by atoms with Crippen LogP contribution >= 0.6 is 11.6 Å². The van der Waals surface area contributed by atoms with E-state index in [1.165, 1.54) is 38.4 Å². The van der Waals surface area contributed by atoms with Crippen molar-refractivity contribution in [1.82, 2.24) is 9.78 Å². The van der Waals surface area contributed by atoms with Crippen molar-refractivity contribution >= 4 is 23.2 Å². The Morgan fingerprint density at radius 1 is 1.13 bits per heavy atom. The van der Waals surface area contributed by atoms with Gasteiger partial charge in [0.15, 0.2) is 0 Å². The first-order valence-corrected chi connectivity index (χ1v) is 10.7. The minimum Gasteiger partial charge on any atom is -0.452 e. The number of carbonyl (C=O) groups excluding carboxylic acids is 1. The van der Waals surface area contributed by atoms with Gasteiger partial charge in [0, 0.05) is 11.3 Å². The van der Waals surface area contributed by atoms with E-state index in [4.69, 9.17) is 20.8 Å². The number of aromatic nitrogens is 2. The molecule has 0 saturated carbocycles. The quantitative estimate of drug-likeness (QED) is 0.432. The minimum atomic E-state index is -0.721. The number of hydrogen-bond acceptors (Lipinski definition) is 5. The largest absolute Gasteiger partial charge is 0.452 e. The number of anilines is 1. The van der Waals surface area contributed by atoms with Crippen molar-refractivity contribution in [2.24, 2.45) is 0 Å². The van der Waals surface area contributed by atoms with Crippen molar-refractivity contribution in [3.05, 3.63) is 69.2 Å². The molecule has 0 aliphatic heterocycles. The molecule has 0 spiro atoms. The highest BCUT2D eigenvalue weighted by Gasteiger charge is 2.14. The standard InChI is InChI=1S/C23H26ClN3O4/c1-3-4-5-6-7-8-16-9-11-17(12-10-16)21(28)25-18-13-14-20(19(24)15-18)27-23(29)31-22(26-27)30-2/h9-15H,3-8H2,1-2H3,(H,25,28). The Kier molecular flexibility index (Phi) is 7.89. The van der Waals surface area contributed by atoms with Gasteiger partial charge in [-0.3, -0.25) is 4.79 Å². The molecular formula is C23H26ClN3O4. The molecule has 0 bridgehead atoms. The number of benzene rings is 2. The zero-order chi connectivity index (χ0) is 22.2. The van der Waals surface area contributed by atoms with Crippen molar-refractivity contribution in [2.45, 2.75) is 45.4 Å². The van der Waals surface area contributed by atoms with Crippen LogP contribution in [0.2, 0.25) is 5.02 Å². The monoisotopic (exact) mass is 443 g/mol. The van der Waals surface area contributed by atoms with Crippen LogP contribution in [0.1, 0.15) is 54.9 Å². The fourth-order valence-electron chi connectivity index (χ4n) is 3.21. The number of nitrogens with one attached hydrogen (secondary N) is 1. The molecule has 7 nitrogen and oxygen atoms in total. The van der Waals surface area contributed by atoms with Gasteiger partial charge in [0.25, 0.3) is 5.91 Å². The fraction of sp³-hybridized carbons (Fsp3) is 0.348. The average Bonchev–Trinajstić information content (AvgIpc) is 3.14. The zero-order valence-electron chi connectivity index (χ0n) is 17.7. The molecular weight excluding hydrogens is 418 g/mol. The van der Waals surface area contributed by atoms with Crippen LogP contribution < -0.4 is 15.8 Å². The summed E-state index contributed by atoms with van der Waals surface area (Å²) in [6.45, 7) is 2.21. The molecule has 0 atom stereocenters. The molecule has 8 heteroatoms. The van der Waals surface area contributed by atoms with Gasteiger partial charge in [-0.1, -0.05) is 61.4 Å². The van der Waals surface area contributed by atoms with Crippen LogP contribution in [0.4, 0.5) is 5.69 Å². The number of amides is 1. The lowest BCUT2D eigenvalue weighted by Crippen LogP contribution is -2.15. The van der Waals surface area contributed by atoms with Crippen molar-refractivity contribution < 1.29 is 13.9 Å². The number of ether oxygens (including phenoxy) is 1.